The molecule has 0 aliphatic carbocycles. The van der Waals surface area contributed by atoms with Gasteiger partial charge in [0.1, 0.15) is 5.69 Å². The van der Waals surface area contributed by atoms with Crippen LogP contribution in [0.15, 0.2) is 243 Å². The van der Waals surface area contributed by atoms with Crippen LogP contribution in [-0.4, -0.2) is 139 Å². The fourth-order valence-electron chi connectivity index (χ4n) is 15.9. The summed E-state index contributed by atoms with van der Waals surface area (Å²) in [6.07, 6.45) is 7.02. The number of aromatic nitrogens is 9. The number of pyridine rings is 1. The normalized spacial score (nSPS) is 12.7. The number of aromatic carboxylic acids is 1. The Morgan fingerprint density at radius 1 is 0.329 bits per heavy atom. The molecule has 4 radical (unpaired) electrons. The standard InChI is InChI=1S/4C22H9F4N2.C6H5NO2.C5H8NO2.C5H12O4.C5H12O2.4Ir/c4*23-17-15-12-8-4-5-9-13(12)21-22(16(15)18(24)20(26)19(17)25)28-14(10-27-21)11-6-2-1-3-7-11;8-6(9)5-3-1-2-4-7-5;7-5(8)4-2-1-3-6-4;1-8-4(6)3-5(7)9-2;1-4(6)3-5(2)7;;;;/h4*1-8,10H;1-4H,(H,8,9);4H,1-3H2,(H,7,8);4-7H,3H2,1-2H3;4-7H,3H2,1-2H3;;;;/q4*-1;;-1;;;;;;. The summed E-state index contributed by atoms with van der Waals surface area (Å²) in [5, 5.41) is 53.8. The fourth-order valence-corrected chi connectivity index (χ4v) is 15.9. The summed E-state index contributed by atoms with van der Waals surface area (Å²) in [5.74, 6) is -28.6. The van der Waals surface area contributed by atoms with Crippen LogP contribution in [0.2, 0.25) is 0 Å². The van der Waals surface area contributed by atoms with Gasteiger partial charge in [-0.15, -0.1) is 125 Å². The van der Waals surface area contributed by atoms with E-state index in [-0.39, 0.29) is 192 Å². The second-order valence-electron chi connectivity index (χ2n) is 32.1. The van der Waals surface area contributed by atoms with Gasteiger partial charge in [0, 0.05) is 198 Å². The monoisotopic (exact) mass is 2760 g/mol. The molecule has 5 atom stereocenters. The predicted molar refractivity (Wildman–Crippen MR) is 513 cm³/mol. The van der Waals surface area contributed by atoms with E-state index in [9.17, 15) is 79.8 Å². The number of methoxy groups -OCH3 is 2. The largest absolute Gasteiger partial charge is 0.650 e. The first-order chi connectivity index (χ1) is 69.7. The topological polar surface area (TPSA) is 304 Å². The summed E-state index contributed by atoms with van der Waals surface area (Å²) in [6.45, 7) is 4.05. The van der Waals surface area contributed by atoms with E-state index in [2.05, 4.69) is 83.9 Å². The number of hydrogen-bond acceptors (Lipinski definition) is 17. The molecule has 149 heavy (non-hydrogen) atoms. The van der Waals surface area contributed by atoms with Gasteiger partial charge in [0.2, 0.25) is 0 Å². The van der Waals surface area contributed by atoms with Crippen molar-refractivity contribution < 1.29 is 200 Å². The first-order valence-corrected chi connectivity index (χ1v) is 43.8. The molecule has 5 unspecified atom stereocenters. The van der Waals surface area contributed by atoms with Crippen molar-refractivity contribution in [1.82, 2.24) is 44.9 Å². The van der Waals surface area contributed by atoms with E-state index < -0.39 is 145 Å². The number of rotatable bonds is 12. The van der Waals surface area contributed by atoms with Crippen LogP contribution in [0.25, 0.3) is 181 Å². The average Bonchev–Trinajstić information content (AvgIpc) is 0.773. The van der Waals surface area contributed by atoms with E-state index in [0.29, 0.717) is 73.0 Å². The number of aliphatic carboxylic acids is 1. The van der Waals surface area contributed by atoms with E-state index in [1.165, 1.54) is 75.5 Å². The molecular weight excluding hydrogens is 2680 g/mol. The summed E-state index contributed by atoms with van der Waals surface area (Å²) in [7, 11) is 2.71. The van der Waals surface area contributed by atoms with Crippen molar-refractivity contribution in [2.24, 2.45) is 0 Å². The van der Waals surface area contributed by atoms with Gasteiger partial charge < -0.3 is 65.4 Å². The minimum absolute atomic E-state index is 0. The van der Waals surface area contributed by atoms with Crippen LogP contribution in [0, 0.1) is 117 Å². The molecule has 16 aromatic carbocycles. The minimum atomic E-state index is -1.88. The van der Waals surface area contributed by atoms with Crippen molar-refractivity contribution in [3.8, 4) is 45.0 Å². The number of carboxylic acids is 2. The van der Waals surface area contributed by atoms with Gasteiger partial charge in [-0.3, -0.25) is 24.7 Å². The summed E-state index contributed by atoms with van der Waals surface area (Å²) in [6, 6.07) is 70.4. The van der Waals surface area contributed by atoms with Gasteiger partial charge in [0.15, 0.2) is 106 Å². The molecule has 772 valence electrons. The van der Waals surface area contributed by atoms with Crippen LogP contribution in [0.1, 0.15) is 50.0 Å². The molecule has 21 aromatic rings. The third kappa shape index (κ3) is 24.6. The smallest absolute Gasteiger partial charge is 0.354 e. The summed E-state index contributed by atoms with van der Waals surface area (Å²) in [5.41, 5.74) is 5.17. The van der Waals surface area contributed by atoms with Crippen molar-refractivity contribution in [3.05, 3.63) is 372 Å². The molecular formula is C109H73F16Ir4N10O10-5. The van der Waals surface area contributed by atoms with E-state index >= 15 is 0 Å². The average molecular weight is 2760 g/mol. The Bertz CT molecular complexity index is 7610. The Morgan fingerprint density at radius 2 is 0.577 bits per heavy atom. The number of ether oxygens (including phenoxy) is 2. The van der Waals surface area contributed by atoms with Crippen molar-refractivity contribution in [2.75, 3.05) is 20.8 Å². The van der Waals surface area contributed by atoms with Gasteiger partial charge in [-0.1, -0.05) is 162 Å². The van der Waals surface area contributed by atoms with Crippen LogP contribution in [0.5, 0.6) is 0 Å². The number of carbonyl (C=O) groups is 2. The zero-order chi connectivity index (χ0) is 103. The molecule has 0 spiro atoms. The summed E-state index contributed by atoms with van der Waals surface area (Å²) in [4.78, 5) is 58.9. The Labute approximate surface area is 888 Å². The molecule has 0 amide bonds. The molecule has 1 saturated heterocycles. The Hall–Kier alpha value is -13.8. The fraction of sp³-hybridized carbons (Fsp3) is 0.128. The van der Waals surface area contributed by atoms with Gasteiger partial charge in [-0.2, -0.15) is 0 Å². The number of aliphatic hydroxyl groups is 4. The molecule has 6 N–H and O–H groups in total. The maximum absolute atomic E-state index is 14.8. The van der Waals surface area contributed by atoms with E-state index in [0.717, 1.165) is 19.4 Å². The number of fused-ring (bicyclic) bond motifs is 24. The molecule has 20 nitrogen and oxygen atoms in total. The van der Waals surface area contributed by atoms with Crippen LogP contribution in [0.3, 0.4) is 0 Å². The third-order valence-electron chi connectivity index (χ3n) is 22.6. The van der Waals surface area contributed by atoms with Crippen LogP contribution < -0.4 is 0 Å². The van der Waals surface area contributed by atoms with Gasteiger partial charge in [0.25, 0.3) is 5.97 Å². The Balaban J connectivity index is 0.000000169. The molecule has 0 bridgehead atoms. The van der Waals surface area contributed by atoms with Crippen molar-refractivity contribution in [1.29, 1.82) is 0 Å². The molecule has 0 saturated carbocycles. The maximum Gasteiger partial charge on any atom is 0.354 e. The number of hydrogen-bond donors (Lipinski definition) is 6. The molecule has 22 rings (SSSR count). The number of nitrogens with zero attached hydrogens (tertiary/aromatic N) is 10. The number of aliphatic hydroxyl groups excluding tert-OH is 4. The van der Waals surface area contributed by atoms with Gasteiger partial charge in [-0.25, -0.2) is 80.0 Å². The van der Waals surface area contributed by atoms with Crippen molar-refractivity contribution >= 4 is 142 Å². The second kappa shape index (κ2) is 51.4. The van der Waals surface area contributed by atoms with E-state index in [4.69, 9.17) is 30.6 Å². The molecule has 40 heteroatoms. The molecule has 1 aliphatic rings. The summed E-state index contributed by atoms with van der Waals surface area (Å²) >= 11 is 0. The van der Waals surface area contributed by atoms with Gasteiger partial charge >= 0.3 is 5.97 Å². The van der Waals surface area contributed by atoms with Crippen molar-refractivity contribution in [2.45, 2.75) is 70.4 Å². The third-order valence-corrected chi connectivity index (χ3v) is 22.6. The van der Waals surface area contributed by atoms with Crippen LogP contribution >= 0.6 is 0 Å². The maximum atomic E-state index is 14.8. The number of halogens is 16. The van der Waals surface area contributed by atoms with Gasteiger partial charge in [0.05, 0.1) is 57.1 Å². The Kier molecular flexibility index (Phi) is 39.9. The molecule has 5 aromatic heterocycles. The second-order valence-corrected chi connectivity index (χ2v) is 32.1. The Morgan fingerprint density at radius 3 is 0.765 bits per heavy atom. The van der Waals surface area contributed by atoms with E-state index in [1.54, 1.807) is 172 Å². The molecule has 1 fully saturated rings. The summed E-state index contributed by atoms with van der Waals surface area (Å²) < 4.78 is 239. The van der Waals surface area contributed by atoms with Gasteiger partial charge in [-0.05, 0) is 60.0 Å². The first-order valence-electron chi connectivity index (χ1n) is 43.8. The molecule has 1 aliphatic heterocycles. The zero-order valence-electron chi connectivity index (χ0n) is 77.2. The van der Waals surface area contributed by atoms with Crippen LogP contribution in [0.4, 0.5) is 70.2 Å². The zero-order valence-corrected chi connectivity index (χ0v) is 86.8. The minimum Gasteiger partial charge on any atom is -0.650 e. The molecule has 6 heterocycles. The number of carboxylic acid groups (broad SMARTS) is 2. The first kappa shape index (κ1) is 116. The number of benzene rings is 16. The predicted octanol–water partition coefficient (Wildman–Crippen LogP) is 24.7. The van der Waals surface area contributed by atoms with Crippen molar-refractivity contribution in [3.63, 3.8) is 0 Å². The van der Waals surface area contributed by atoms with Crippen LogP contribution in [-0.2, 0) is 94.7 Å². The van der Waals surface area contributed by atoms with E-state index in [1.807, 2.05) is 24.3 Å². The quantitative estimate of drug-likeness (QED) is 0.0165. The SMILES string of the molecule is CC(O)CC(C)O.COC(O)CC(O)OC.Fc1c(F)c(F)c2c3nc(-c4ccccc4)cnc3c3[c-]cccc3c2c1F.Fc1c(F)c(F)c2c3nc(-c4ccccc4)cnc3c3[c-]cccc3c2c1F.Fc1c(F)c(F)c2c3nc(-c4ccccc4)cnc3c3[c-]cccc3c2c1F.Fc1c(F)c(F)c2c3nc(-c4ccccc4)cnc3c3[c-]cccc3c2c1F.O=C(O)C1CCC[N-]1.O=C(O)c1ccccn1.[Ir].[Ir].[Ir].[Ir].